The summed E-state index contributed by atoms with van der Waals surface area (Å²) in [7, 11) is 1.56. The summed E-state index contributed by atoms with van der Waals surface area (Å²) in [5.74, 6) is -0.133. The number of para-hydroxylation sites is 1. The minimum atomic E-state index is -0.667. The molecule has 0 spiro atoms. The zero-order valence-corrected chi connectivity index (χ0v) is 16.8. The number of halogens is 1. The third-order valence-corrected chi connectivity index (χ3v) is 4.47. The summed E-state index contributed by atoms with van der Waals surface area (Å²) in [6, 6.07) is 15.8. The molecule has 0 aliphatic carbocycles. The maximum atomic E-state index is 12.9. The molecular weight excluding hydrogens is 380 g/mol. The lowest BCUT2D eigenvalue weighted by molar-refractivity contribution is -0.142. The van der Waals surface area contributed by atoms with Crippen molar-refractivity contribution in [2.24, 2.45) is 0 Å². The van der Waals surface area contributed by atoms with E-state index >= 15 is 0 Å². The highest BCUT2D eigenvalue weighted by atomic mass is 35.5. The van der Waals surface area contributed by atoms with Gasteiger partial charge in [-0.2, -0.15) is 0 Å². The van der Waals surface area contributed by atoms with E-state index in [1.54, 1.807) is 38.3 Å². The van der Waals surface area contributed by atoms with Crippen LogP contribution in [0.1, 0.15) is 12.5 Å². The Morgan fingerprint density at radius 2 is 1.79 bits per heavy atom. The Labute approximate surface area is 170 Å². The summed E-state index contributed by atoms with van der Waals surface area (Å²) in [6.45, 7) is 2.55. The van der Waals surface area contributed by atoms with Gasteiger partial charge in [0.05, 0.1) is 11.6 Å². The molecule has 0 fully saturated rings. The Hall–Kier alpha value is -2.57. The first-order valence-electron chi connectivity index (χ1n) is 9.00. The number of benzene rings is 2. The molecule has 150 valence electrons. The van der Waals surface area contributed by atoms with Crippen LogP contribution in [0.4, 0.5) is 0 Å². The van der Waals surface area contributed by atoms with Gasteiger partial charge in [0.2, 0.25) is 5.91 Å². The Balaban J connectivity index is 2.08. The highest BCUT2D eigenvalue weighted by molar-refractivity contribution is 6.32. The van der Waals surface area contributed by atoms with Crippen molar-refractivity contribution in [3.8, 4) is 5.75 Å². The monoisotopic (exact) mass is 404 g/mol. The number of amides is 2. The van der Waals surface area contributed by atoms with Gasteiger partial charge in [-0.15, -0.1) is 0 Å². The van der Waals surface area contributed by atoms with E-state index < -0.39 is 6.04 Å². The van der Waals surface area contributed by atoms with Gasteiger partial charge < -0.3 is 19.7 Å². The second-order valence-corrected chi connectivity index (χ2v) is 6.59. The third kappa shape index (κ3) is 6.55. The first-order valence-corrected chi connectivity index (χ1v) is 9.38. The van der Waals surface area contributed by atoms with Gasteiger partial charge in [0, 0.05) is 20.2 Å². The summed E-state index contributed by atoms with van der Waals surface area (Å²) in [5, 5.41) is 3.19. The van der Waals surface area contributed by atoms with E-state index in [4.69, 9.17) is 21.1 Å². The maximum absolute atomic E-state index is 12.9. The summed E-state index contributed by atoms with van der Waals surface area (Å²) in [5.41, 5.74) is 0.921. The first-order chi connectivity index (χ1) is 13.5. The van der Waals surface area contributed by atoms with Crippen LogP contribution in [0.5, 0.6) is 5.75 Å². The fourth-order valence-corrected chi connectivity index (χ4v) is 2.76. The van der Waals surface area contributed by atoms with E-state index in [0.29, 0.717) is 30.5 Å². The smallest absolute Gasteiger partial charge is 0.261 e. The lowest BCUT2D eigenvalue weighted by Crippen LogP contribution is -2.49. The number of nitrogens with one attached hydrogen (secondary N) is 1. The Bertz CT molecular complexity index is 770. The molecule has 0 heterocycles. The summed E-state index contributed by atoms with van der Waals surface area (Å²) < 4.78 is 10.5. The highest BCUT2D eigenvalue weighted by Gasteiger charge is 2.26. The second kappa shape index (κ2) is 11.3. The van der Waals surface area contributed by atoms with Crippen LogP contribution >= 0.6 is 11.6 Å². The molecule has 1 unspecified atom stereocenters. The van der Waals surface area contributed by atoms with E-state index in [-0.39, 0.29) is 18.4 Å². The molecule has 6 nitrogen and oxygen atoms in total. The van der Waals surface area contributed by atoms with Crippen LogP contribution in [-0.4, -0.2) is 49.6 Å². The predicted molar refractivity (Wildman–Crippen MR) is 108 cm³/mol. The number of methoxy groups -OCH3 is 1. The fraction of sp³-hybridized carbons (Fsp3) is 0.333. The standard InChI is InChI=1S/C21H25ClN2O4/c1-16(21(26)23-12-13-27-2)24(14-17-8-4-3-5-9-17)20(25)15-28-19-11-7-6-10-18(19)22/h3-11,16H,12-15H2,1-2H3,(H,23,26). The van der Waals surface area contributed by atoms with Crippen LogP contribution in [0.15, 0.2) is 54.6 Å². The van der Waals surface area contributed by atoms with Gasteiger partial charge in [-0.1, -0.05) is 54.1 Å². The molecule has 2 aromatic rings. The number of carbonyl (C=O) groups is 2. The molecule has 2 rings (SSSR count). The van der Waals surface area contributed by atoms with E-state index in [1.807, 2.05) is 30.3 Å². The van der Waals surface area contributed by atoms with Crippen molar-refractivity contribution in [2.75, 3.05) is 26.9 Å². The topological polar surface area (TPSA) is 67.9 Å². The van der Waals surface area contributed by atoms with E-state index in [9.17, 15) is 9.59 Å². The van der Waals surface area contributed by atoms with E-state index in [2.05, 4.69) is 5.32 Å². The molecule has 1 atom stereocenters. The number of nitrogens with zero attached hydrogens (tertiary/aromatic N) is 1. The minimum absolute atomic E-state index is 0.216. The molecular formula is C21H25ClN2O4. The van der Waals surface area contributed by atoms with Gasteiger partial charge in [-0.25, -0.2) is 0 Å². The Morgan fingerprint density at radius 1 is 1.11 bits per heavy atom. The van der Waals surface area contributed by atoms with Gasteiger partial charge in [0.15, 0.2) is 6.61 Å². The minimum Gasteiger partial charge on any atom is -0.482 e. The average molecular weight is 405 g/mol. The van der Waals surface area contributed by atoms with Crippen LogP contribution in [0.2, 0.25) is 5.02 Å². The van der Waals surface area contributed by atoms with Crippen LogP contribution in [0.3, 0.4) is 0 Å². The predicted octanol–water partition coefficient (Wildman–Crippen LogP) is 2.90. The first kappa shape index (κ1) is 21.7. The van der Waals surface area contributed by atoms with Crippen molar-refractivity contribution in [3.05, 3.63) is 65.2 Å². The van der Waals surface area contributed by atoms with Crippen molar-refractivity contribution < 1.29 is 19.1 Å². The van der Waals surface area contributed by atoms with Gasteiger partial charge in [0.25, 0.3) is 5.91 Å². The molecule has 0 aromatic heterocycles. The molecule has 28 heavy (non-hydrogen) atoms. The van der Waals surface area contributed by atoms with Crippen LogP contribution in [0, 0.1) is 0 Å². The summed E-state index contributed by atoms with van der Waals surface area (Å²) in [4.78, 5) is 26.8. The van der Waals surface area contributed by atoms with E-state index in [0.717, 1.165) is 5.56 Å². The lowest BCUT2D eigenvalue weighted by Gasteiger charge is -2.28. The SMILES string of the molecule is COCCNC(=O)C(C)N(Cc1ccccc1)C(=O)COc1ccccc1Cl. The summed E-state index contributed by atoms with van der Waals surface area (Å²) in [6.07, 6.45) is 0. The molecule has 2 amide bonds. The zero-order valence-electron chi connectivity index (χ0n) is 16.1. The maximum Gasteiger partial charge on any atom is 0.261 e. The van der Waals surface area contributed by atoms with Gasteiger partial charge in [-0.05, 0) is 24.6 Å². The quantitative estimate of drug-likeness (QED) is 0.618. The molecule has 0 saturated heterocycles. The number of hydrogen-bond donors (Lipinski definition) is 1. The number of carbonyl (C=O) groups excluding carboxylic acids is 2. The van der Waals surface area contributed by atoms with Crippen LogP contribution in [-0.2, 0) is 20.9 Å². The van der Waals surface area contributed by atoms with E-state index in [1.165, 1.54) is 4.90 Å². The molecule has 0 radical (unpaired) electrons. The van der Waals surface area contributed by atoms with Crippen molar-refractivity contribution in [1.82, 2.24) is 10.2 Å². The van der Waals surface area contributed by atoms with Gasteiger partial charge >= 0.3 is 0 Å². The molecule has 1 N–H and O–H groups in total. The lowest BCUT2D eigenvalue weighted by atomic mass is 10.1. The highest BCUT2D eigenvalue weighted by Crippen LogP contribution is 2.23. The van der Waals surface area contributed by atoms with Crippen molar-refractivity contribution in [2.45, 2.75) is 19.5 Å². The number of hydrogen-bond acceptors (Lipinski definition) is 4. The van der Waals surface area contributed by atoms with Crippen molar-refractivity contribution in [1.29, 1.82) is 0 Å². The molecule has 7 heteroatoms. The molecule has 0 aliphatic rings. The molecule has 0 aliphatic heterocycles. The largest absolute Gasteiger partial charge is 0.482 e. The van der Waals surface area contributed by atoms with Crippen molar-refractivity contribution >= 4 is 23.4 Å². The molecule has 0 bridgehead atoms. The second-order valence-electron chi connectivity index (χ2n) is 6.19. The fourth-order valence-electron chi connectivity index (χ4n) is 2.57. The Morgan fingerprint density at radius 3 is 2.46 bits per heavy atom. The molecule has 2 aromatic carbocycles. The Kier molecular flexibility index (Phi) is 8.78. The average Bonchev–Trinajstić information content (AvgIpc) is 2.71. The zero-order chi connectivity index (χ0) is 20.4. The number of rotatable bonds is 10. The van der Waals surface area contributed by atoms with Gasteiger partial charge in [0.1, 0.15) is 11.8 Å². The van der Waals surface area contributed by atoms with Crippen LogP contribution < -0.4 is 10.1 Å². The summed E-state index contributed by atoms with van der Waals surface area (Å²) >= 11 is 6.08. The van der Waals surface area contributed by atoms with Gasteiger partial charge in [-0.3, -0.25) is 9.59 Å². The molecule has 0 saturated carbocycles. The third-order valence-electron chi connectivity index (χ3n) is 4.16. The normalized spacial score (nSPS) is 11.5. The van der Waals surface area contributed by atoms with Crippen LogP contribution in [0.25, 0.3) is 0 Å². The number of ether oxygens (including phenoxy) is 2. The van der Waals surface area contributed by atoms with Crippen molar-refractivity contribution in [3.63, 3.8) is 0 Å².